The number of benzene rings is 1. The van der Waals surface area contributed by atoms with Gasteiger partial charge in [-0.3, -0.25) is 4.79 Å². The number of aromatic nitrogens is 3. The zero-order chi connectivity index (χ0) is 16.4. The van der Waals surface area contributed by atoms with Crippen LogP contribution in [0.1, 0.15) is 36.2 Å². The molecule has 1 aliphatic rings. The Labute approximate surface area is 134 Å². The van der Waals surface area contributed by atoms with E-state index in [1.54, 1.807) is 23.1 Å². The van der Waals surface area contributed by atoms with Gasteiger partial charge in [-0.2, -0.15) is 0 Å². The molecule has 0 spiro atoms. The molecule has 1 amide bonds. The molecule has 23 heavy (non-hydrogen) atoms. The fraction of sp³-hybridized carbons (Fsp3) is 0.438. The number of carbonyl (C=O) groups is 1. The van der Waals surface area contributed by atoms with Crippen molar-refractivity contribution in [1.82, 2.24) is 25.0 Å². The predicted octanol–water partition coefficient (Wildman–Crippen LogP) is 1.58. The number of nitrogens with zero attached hydrogens (tertiary/aromatic N) is 4. The summed E-state index contributed by atoms with van der Waals surface area (Å²) in [5.74, 6) is 0.128. The molecule has 1 saturated heterocycles. The Bertz CT molecular complexity index is 706. The van der Waals surface area contributed by atoms with Crippen molar-refractivity contribution >= 4 is 5.91 Å². The molecule has 0 unspecified atom stereocenters. The van der Waals surface area contributed by atoms with Gasteiger partial charge in [0, 0.05) is 32.1 Å². The monoisotopic (exact) mass is 317 g/mol. The molecule has 0 saturated carbocycles. The molecule has 1 aromatic carbocycles. The van der Waals surface area contributed by atoms with Crippen molar-refractivity contribution in [1.29, 1.82) is 0 Å². The van der Waals surface area contributed by atoms with Gasteiger partial charge in [-0.25, -0.2) is 14.1 Å². The molecule has 1 aromatic heterocycles. The van der Waals surface area contributed by atoms with Gasteiger partial charge in [0.15, 0.2) is 0 Å². The maximum absolute atomic E-state index is 14.1. The van der Waals surface area contributed by atoms with E-state index in [0.29, 0.717) is 24.6 Å². The molecule has 6 nitrogen and oxygen atoms in total. The number of amides is 1. The molecule has 122 valence electrons. The van der Waals surface area contributed by atoms with Crippen molar-refractivity contribution in [3.63, 3.8) is 0 Å². The summed E-state index contributed by atoms with van der Waals surface area (Å²) in [6, 6.07) is 6.37. The SMILES string of the molecule is CC(C)c1nc(C(=O)N2CCNCC2)nn1-c1ccccc1F. The maximum atomic E-state index is 14.1. The first kappa shape index (κ1) is 15.6. The highest BCUT2D eigenvalue weighted by Crippen LogP contribution is 2.20. The van der Waals surface area contributed by atoms with E-state index in [1.165, 1.54) is 10.7 Å². The van der Waals surface area contributed by atoms with Crippen molar-refractivity contribution in [3.05, 3.63) is 41.7 Å². The summed E-state index contributed by atoms with van der Waals surface area (Å²) in [5, 5.41) is 7.49. The van der Waals surface area contributed by atoms with Crippen LogP contribution in [0.4, 0.5) is 4.39 Å². The Morgan fingerprint density at radius 2 is 1.96 bits per heavy atom. The van der Waals surface area contributed by atoms with E-state index in [1.807, 2.05) is 13.8 Å². The van der Waals surface area contributed by atoms with E-state index >= 15 is 0 Å². The summed E-state index contributed by atoms with van der Waals surface area (Å²) in [6.07, 6.45) is 0. The molecule has 7 heteroatoms. The van der Waals surface area contributed by atoms with Crippen molar-refractivity contribution in [2.24, 2.45) is 0 Å². The van der Waals surface area contributed by atoms with Gasteiger partial charge < -0.3 is 10.2 Å². The van der Waals surface area contributed by atoms with Crippen LogP contribution in [-0.4, -0.2) is 51.8 Å². The lowest BCUT2D eigenvalue weighted by atomic mass is 10.2. The van der Waals surface area contributed by atoms with Crippen molar-refractivity contribution in [2.45, 2.75) is 19.8 Å². The van der Waals surface area contributed by atoms with E-state index in [2.05, 4.69) is 15.4 Å². The van der Waals surface area contributed by atoms with E-state index in [9.17, 15) is 9.18 Å². The van der Waals surface area contributed by atoms with Crippen LogP contribution < -0.4 is 5.32 Å². The Hall–Kier alpha value is -2.28. The van der Waals surface area contributed by atoms with Gasteiger partial charge in [0.2, 0.25) is 5.82 Å². The average Bonchev–Trinajstić information content (AvgIpc) is 3.01. The molecule has 0 atom stereocenters. The average molecular weight is 317 g/mol. The van der Waals surface area contributed by atoms with Gasteiger partial charge in [0.1, 0.15) is 17.3 Å². The minimum absolute atomic E-state index is 0.0201. The van der Waals surface area contributed by atoms with Gasteiger partial charge in [-0.05, 0) is 12.1 Å². The lowest BCUT2D eigenvalue weighted by Gasteiger charge is -2.26. The van der Waals surface area contributed by atoms with E-state index < -0.39 is 0 Å². The third kappa shape index (κ3) is 3.10. The standard InChI is InChI=1S/C16H20FN5O/c1-11(2)15-19-14(16(23)21-9-7-18-8-10-21)20-22(15)13-6-4-3-5-12(13)17/h3-6,11,18H,7-10H2,1-2H3. The number of hydrogen-bond acceptors (Lipinski definition) is 4. The minimum Gasteiger partial charge on any atom is -0.333 e. The second-order valence-corrected chi connectivity index (χ2v) is 5.85. The lowest BCUT2D eigenvalue weighted by Crippen LogP contribution is -2.46. The van der Waals surface area contributed by atoms with E-state index in [0.717, 1.165) is 13.1 Å². The van der Waals surface area contributed by atoms with Crippen LogP contribution in [0, 0.1) is 5.82 Å². The molecule has 1 fully saturated rings. The molecule has 1 aliphatic heterocycles. The summed E-state index contributed by atoms with van der Waals surface area (Å²) < 4.78 is 15.5. The fourth-order valence-corrected chi connectivity index (χ4v) is 2.60. The van der Waals surface area contributed by atoms with Gasteiger partial charge in [-0.15, -0.1) is 5.10 Å². The summed E-state index contributed by atoms with van der Waals surface area (Å²) in [5.41, 5.74) is 0.308. The number of hydrogen-bond donors (Lipinski definition) is 1. The number of nitrogens with one attached hydrogen (secondary N) is 1. The number of para-hydroxylation sites is 1. The van der Waals surface area contributed by atoms with Crippen LogP contribution in [0.15, 0.2) is 24.3 Å². The molecule has 0 aliphatic carbocycles. The molecule has 0 bridgehead atoms. The highest BCUT2D eigenvalue weighted by atomic mass is 19.1. The molecule has 0 radical (unpaired) electrons. The fourth-order valence-electron chi connectivity index (χ4n) is 2.60. The highest BCUT2D eigenvalue weighted by Gasteiger charge is 2.25. The number of rotatable bonds is 3. The molecular weight excluding hydrogens is 297 g/mol. The Morgan fingerprint density at radius 3 is 2.61 bits per heavy atom. The van der Waals surface area contributed by atoms with Gasteiger partial charge in [0.05, 0.1) is 0 Å². The molecule has 2 aromatic rings. The Kier molecular flexibility index (Phi) is 4.38. The quantitative estimate of drug-likeness (QED) is 0.933. The first-order valence-corrected chi connectivity index (χ1v) is 7.80. The highest BCUT2D eigenvalue weighted by molar-refractivity contribution is 5.90. The predicted molar refractivity (Wildman–Crippen MR) is 84.2 cm³/mol. The minimum atomic E-state index is -0.388. The van der Waals surface area contributed by atoms with Crippen LogP contribution in [0.3, 0.4) is 0 Å². The molecule has 2 heterocycles. The van der Waals surface area contributed by atoms with E-state index in [-0.39, 0.29) is 23.5 Å². The Balaban J connectivity index is 1.99. The van der Waals surface area contributed by atoms with Crippen molar-refractivity contribution in [3.8, 4) is 5.69 Å². The van der Waals surface area contributed by atoms with Gasteiger partial charge in [-0.1, -0.05) is 26.0 Å². The van der Waals surface area contributed by atoms with Crippen molar-refractivity contribution in [2.75, 3.05) is 26.2 Å². The third-order valence-corrected chi connectivity index (χ3v) is 3.82. The zero-order valence-electron chi connectivity index (χ0n) is 13.3. The normalized spacial score (nSPS) is 15.2. The van der Waals surface area contributed by atoms with Crippen LogP contribution >= 0.6 is 0 Å². The zero-order valence-corrected chi connectivity index (χ0v) is 13.3. The van der Waals surface area contributed by atoms with Crippen LogP contribution in [0.25, 0.3) is 5.69 Å². The first-order chi connectivity index (χ1) is 11.1. The van der Waals surface area contributed by atoms with Crippen LogP contribution in [0.5, 0.6) is 0 Å². The molecular formula is C16H20FN5O. The first-order valence-electron chi connectivity index (χ1n) is 7.80. The summed E-state index contributed by atoms with van der Waals surface area (Å²) in [7, 11) is 0. The largest absolute Gasteiger partial charge is 0.333 e. The second-order valence-electron chi connectivity index (χ2n) is 5.85. The van der Waals surface area contributed by atoms with E-state index in [4.69, 9.17) is 0 Å². The van der Waals surface area contributed by atoms with Crippen LogP contribution in [-0.2, 0) is 0 Å². The summed E-state index contributed by atoms with van der Waals surface area (Å²) >= 11 is 0. The number of piperazine rings is 1. The summed E-state index contributed by atoms with van der Waals surface area (Å²) in [4.78, 5) is 18.7. The molecule has 3 rings (SSSR count). The lowest BCUT2D eigenvalue weighted by molar-refractivity contribution is 0.0723. The number of halogens is 1. The summed E-state index contributed by atoms with van der Waals surface area (Å²) in [6.45, 7) is 6.67. The molecule has 1 N–H and O–H groups in total. The topological polar surface area (TPSA) is 63.1 Å². The smallest absolute Gasteiger partial charge is 0.293 e. The number of carbonyl (C=O) groups excluding carboxylic acids is 1. The van der Waals surface area contributed by atoms with Crippen LogP contribution in [0.2, 0.25) is 0 Å². The van der Waals surface area contributed by atoms with Gasteiger partial charge in [0.25, 0.3) is 5.91 Å². The Morgan fingerprint density at radius 1 is 1.26 bits per heavy atom. The van der Waals surface area contributed by atoms with Crippen molar-refractivity contribution < 1.29 is 9.18 Å². The second kappa shape index (κ2) is 6.45. The maximum Gasteiger partial charge on any atom is 0.293 e. The van der Waals surface area contributed by atoms with Gasteiger partial charge >= 0.3 is 0 Å². The third-order valence-electron chi connectivity index (χ3n) is 3.82.